The zero-order chi connectivity index (χ0) is 17.3. The number of hydrogen-bond acceptors (Lipinski definition) is 5. The largest absolute Gasteiger partial charge is 0.497 e. The fourth-order valence-electron chi connectivity index (χ4n) is 1.76. The Morgan fingerprint density at radius 1 is 1.30 bits per heavy atom. The topological polar surface area (TPSA) is 93.7 Å². The number of amides is 1. The Kier molecular flexibility index (Phi) is 8.01. The van der Waals surface area contributed by atoms with Crippen LogP contribution in [0.25, 0.3) is 0 Å². The minimum Gasteiger partial charge on any atom is -0.497 e. The van der Waals surface area contributed by atoms with Crippen LogP contribution in [0.4, 0.5) is 0 Å². The smallest absolute Gasteiger partial charge is 0.248 e. The summed E-state index contributed by atoms with van der Waals surface area (Å²) >= 11 is 0. The average Bonchev–Trinajstić information content (AvgIpc) is 2.51. The molecule has 1 aromatic rings. The van der Waals surface area contributed by atoms with E-state index in [2.05, 4.69) is 10.0 Å². The summed E-state index contributed by atoms with van der Waals surface area (Å²) in [6.45, 7) is 2.65. The minimum absolute atomic E-state index is 0.229. The molecule has 1 amide bonds. The van der Waals surface area contributed by atoms with Gasteiger partial charge in [-0.15, -0.1) is 0 Å². The minimum atomic E-state index is -3.18. The Morgan fingerprint density at radius 2 is 2.04 bits per heavy atom. The molecule has 0 aliphatic heterocycles. The Hall–Kier alpha value is -1.64. The molecule has 0 aliphatic rings. The third kappa shape index (κ3) is 8.53. The summed E-state index contributed by atoms with van der Waals surface area (Å²) in [6.07, 6.45) is 1.02. The van der Waals surface area contributed by atoms with E-state index in [9.17, 15) is 13.2 Å². The zero-order valence-electron chi connectivity index (χ0n) is 13.7. The van der Waals surface area contributed by atoms with E-state index in [1.807, 2.05) is 24.3 Å². The Labute approximate surface area is 137 Å². The number of hydrogen-bond donors (Lipinski definition) is 2. The molecule has 1 aromatic carbocycles. The second kappa shape index (κ2) is 9.49. The number of benzene rings is 1. The van der Waals surface area contributed by atoms with Crippen LogP contribution in [0.1, 0.15) is 18.9 Å². The normalized spacial score (nSPS) is 12.7. The van der Waals surface area contributed by atoms with Crippen molar-refractivity contribution in [2.24, 2.45) is 0 Å². The highest BCUT2D eigenvalue weighted by Crippen LogP contribution is 2.13. The van der Waals surface area contributed by atoms with E-state index in [0.717, 1.165) is 17.6 Å². The number of methoxy groups -OCH3 is 1. The predicted molar refractivity (Wildman–Crippen MR) is 87.7 cm³/mol. The number of nitrogens with one attached hydrogen (secondary N) is 2. The molecule has 0 saturated heterocycles. The third-order valence-corrected chi connectivity index (χ3v) is 3.75. The predicted octanol–water partition coefficient (Wildman–Crippen LogP) is 0.656. The number of ether oxygens (including phenoxy) is 2. The van der Waals surface area contributed by atoms with Crippen molar-refractivity contribution >= 4 is 15.9 Å². The van der Waals surface area contributed by atoms with E-state index in [-0.39, 0.29) is 12.5 Å². The maximum absolute atomic E-state index is 11.8. The van der Waals surface area contributed by atoms with E-state index in [1.54, 1.807) is 14.0 Å². The molecule has 8 heteroatoms. The molecule has 1 atom stereocenters. The maximum Gasteiger partial charge on any atom is 0.248 e. The van der Waals surface area contributed by atoms with Gasteiger partial charge in [0.15, 0.2) is 0 Å². The number of carbonyl (C=O) groups is 1. The van der Waals surface area contributed by atoms with Crippen molar-refractivity contribution in [2.45, 2.75) is 26.1 Å². The molecule has 0 aromatic heterocycles. The van der Waals surface area contributed by atoms with Crippen LogP contribution in [0, 0.1) is 0 Å². The van der Waals surface area contributed by atoms with E-state index < -0.39 is 16.1 Å². The summed E-state index contributed by atoms with van der Waals surface area (Å²) in [5, 5.41) is 2.70. The van der Waals surface area contributed by atoms with Crippen LogP contribution in [0.5, 0.6) is 5.75 Å². The van der Waals surface area contributed by atoms with E-state index in [4.69, 9.17) is 9.47 Å². The highest BCUT2D eigenvalue weighted by Gasteiger charge is 2.13. The first kappa shape index (κ1) is 19.4. The highest BCUT2D eigenvalue weighted by molar-refractivity contribution is 7.88. The van der Waals surface area contributed by atoms with Crippen molar-refractivity contribution in [2.75, 3.05) is 26.5 Å². The number of sulfonamides is 1. The summed E-state index contributed by atoms with van der Waals surface area (Å²) in [7, 11) is -1.59. The fourth-order valence-corrected chi connectivity index (χ4v) is 2.28. The first-order chi connectivity index (χ1) is 10.8. The molecule has 0 heterocycles. The van der Waals surface area contributed by atoms with Gasteiger partial charge in [-0.3, -0.25) is 4.79 Å². The van der Waals surface area contributed by atoms with E-state index in [0.29, 0.717) is 19.6 Å². The zero-order valence-corrected chi connectivity index (χ0v) is 14.5. The van der Waals surface area contributed by atoms with Gasteiger partial charge >= 0.3 is 0 Å². The van der Waals surface area contributed by atoms with Gasteiger partial charge in [-0.2, -0.15) is 0 Å². The second-order valence-corrected chi connectivity index (χ2v) is 6.95. The lowest BCUT2D eigenvalue weighted by Crippen LogP contribution is -2.36. The Bertz CT molecular complexity index is 604. The summed E-state index contributed by atoms with van der Waals surface area (Å²) in [6, 6.07) is 7.44. The van der Waals surface area contributed by atoms with Crippen molar-refractivity contribution in [1.82, 2.24) is 10.0 Å². The Morgan fingerprint density at radius 3 is 2.70 bits per heavy atom. The summed E-state index contributed by atoms with van der Waals surface area (Å²) in [5.41, 5.74) is 0.918. The molecule has 0 spiro atoms. The molecule has 2 N–H and O–H groups in total. The fraction of sp³-hybridized carbons (Fsp3) is 0.533. The van der Waals surface area contributed by atoms with Crippen LogP contribution < -0.4 is 14.8 Å². The SMILES string of the molecule is COc1cccc(CO[C@H](C)C(=O)NCCCNS(C)(=O)=O)c1. The highest BCUT2D eigenvalue weighted by atomic mass is 32.2. The standard InChI is InChI=1S/C15H24N2O5S/c1-12(15(18)16-8-5-9-17-23(3,19)20)22-11-13-6-4-7-14(10-13)21-2/h4,6-7,10,12,17H,5,8-9,11H2,1-3H3,(H,16,18)/t12-/m1/s1. The van der Waals surface area contributed by atoms with Gasteiger partial charge in [0.2, 0.25) is 15.9 Å². The van der Waals surface area contributed by atoms with Crippen molar-refractivity contribution in [3.8, 4) is 5.75 Å². The quantitative estimate of drug-likeness (QED) is 0.608. The van der Waals surface area contributed by atoms with Crippen LogP contribution in [0.3, 0.4) is 0 Å². The van der Waals surface area contributed by atoms with Crippen molar-refractivity contribution in [3.05, 3.63) is 29.8 Å². The molecule has 0 fully saturated rings. The van der Waals surface area contributed by atoms with E-state index in [1.165, 1.54) is 0 Å². The van der Waals surface area contributed by atoms with Crippen LogP contribution in [0.15, 0.2) is 24.3 Å². The van der Waals surface area contributed by atoms with Crippen molar-refractivity contribution < 1.29 is 22.7 Å². The molecule has 0 aliphatic carbocycles. The van der Waals surface area contributed by atoms with Crippen LogP contribution >= 0.6 is 0 Å². The van der Waals surface area contributed by atoms with Gasteiger partial charge in [0.25, 0.3) is 0 Å². The lowest BCUT2D eigenvalue weighted by atomic mass is 10.2. The van der Waals surface area contributed by atoms with Gasteiger partial charge in [-0.25, -0.2) is 13.1 Å². The lowest BCUT2D eigenvalue weighted by Gasteiger charge is -2.14. The van der Waals surface area contributed by atoms with Gasteiger partial charge in [0, 0.05) is 13.1 Å². The second-order valence-electron chi connectivity index (χ2n) is 5.12. The Balaban J connectivity index is 2.25. The first-order valence-corrected chi connectivity index (χ1v) is 9.18. The van der Waals surface area contributed by atoms with Crippen LogP contribution in [0.2, 0.25) is 0 Å². The molecule has 0 radical (unpaired) electrons. The molecule has 0 saturated carbocycles. The molecular formula is C15H24N2O5S. The number of rotatable bonds is 10. The third-order valence-electron chi connectivity index (χ3n) is 3.02. The first-order valence-electron chi connectivity index (χ1n) is 7.28. The lowest BCUT2D eigenvalue weighted by molar-refractivity contribution is -0.132. The molecule has 1 rings (SSSR count). The van der Waals surface area contributed by atoms with Gasteiger partial charge in [0.05, 0.1) is 20.0 Å². The summed E-state index contributed by atoms with van der Waals surface area (Å²) in [4.78, 5) is 11.8. The molecular weight excluding hydrogens is 320 g/mol. The van der Waals surface area contributed by atoms with Crippen LogP contribution in [-0.4, -0.2) is 46.9 Å². The van der Waals surface area contributed by atoms with Gasteiger partial charge < -0.3 is 14.8 Å². The van der Waals surface area contributed by atoms with Crippen molar-refractivity contribution in [1.29, 1.82) is 0 Å². The van der Waals surface area contributed by atoms with Gasteiger partial charge in [-0.1, -0.05) is 12.1 Å². The van der Waals surface area contributed by atoms with E-state index >= 15 is 0 Å². The van der Waals surface area contributed by atoms with Crippen molar-refractivity contribution in [3.63, 3.8) is 0 Å². The van der Waals surface area contributed by atoms with Gasteiger partial charge in [0.1, 0.15) is 11.9 Å². The molecule has 0 unspecified atom stereocenters. The number of carbonyl (C=O) groups excluding carboxylic acids is 1. The maximum atomic E-state index is 11.8. The van der Waals surface area contributed by atoms with Gasteiger partial charge in [-0.05, 0) is 31.0 Å². The molecule has 23 heavy (non-hydrogen) atoms. The average molecular weight is 344 g/mol. The molecule has 0 bridgehead atoms. The van der Waals surface area contributed by atoms with Crippen LogP contribution in [-0.2, 0) is 26.2 Å². The summed E-state index contributed by atoms with van der Waals surface area (Å²) in [5.74, 6) is 0.508. The monoisotopic (exact) mass is 344 g/mol. The molecule has 7 nitrogen and oxygen atoms in total. The molecule has 130 valence electrons. The summed E-state index contributed by atoms with van der Waals surface area (Å²) < 4.78 is 34.8.